The number of benzene rings is 3. The summed E-state index contributed by atoms with van der Waals surface area (Å²) in [5, 5.41) is 0. The highest BCUT2D eigenvalue weighted by Gasteiger charge is 2.20. The number of halogens is 1. The van der Waals surface area contributed by atoms with Gasteiger partial charge in [-0.3, -0.25) is 0 Å². The Hall–Kier alpha value is -3.71. The minimum Gasteiger partial charge on any atom is -0.423 e. The number of ether oxygens (including phenoxy) is 1. The van der Waals surface area contributed by atoms with Crippen molar-refractivity contribution in [2.75, 3.05) is 0 Å². The van der Waals surface area contributed by atoms with E-state index >= 15 is 0 Å². The van der Waals surface area contributed by atoms with E-state index < -0.39 is 11.8 Å². The Balaban J connectivity index is 1.67. The van der Waals surface area contributed by atoms with E-state index in [1.807, 2.05) is 30.3 Å². The van der Waals surface area contributed by atoms with Gasteiger partial charge in [0.15, 0.2) is 0 Å². The molecule has 3 aromatic carbocycles. The summed E-state index contributed by atoms with van der Waals surface area (Å²) in [7, 11) is 0. The van der Waals surface area contributed by atoms with Crippen molar-refractivity contribution in [3.63, 3.8) is 0 Å². The smallest absolute Gasteiger partial charge is 0.335 e. The molecule has 0 amide bonds. The second-order valence-corrected chi connectivity index (χ2v) is 6.27. The van der Waals surface area contributed by atoms with Crippen LogP contribution in [0.15, 0.2) is 67.3 Å². The van der Waals surface area contributed by atoms with E-state index in [9.17, 15) is 9.18 Å². The van der Waals surface area contributed by atoms with Gasteiger partial charge in [0, 0.05) is 6.08 Å². The van der Waals surface area contributed by atoms with Crippen LogP contribution in [0.2, 0.25) is 0 Å². The standard InChI is InChI=1S/C23H14FNO2/c1-3-23(26)27-18-6-8-20-17(12-18)11-16-10-14(4-7-19(16)20)15-5-9-22(25-2)21(24)13-15/h3-10,12-13H,1,11H2. The topological polar surface area (TPSA) is 30.7 Å². The van der Waals surface area contributed by atoms with E-state index in [1.54, 1.807) is 12.1 Å². The molecule has 130 valence electrons. The van der Waals surface area contributed by atoms with Crippen LogP contribution in [0, 0.1) is 12.4 Å². The summed E-state index contributed by atoms with van der Waals surface area (Å²) in [4.78, 5) is 14.5. The molecule has 0 spiro atoms. The summed E-state index contributed by atoms with van der Waals surface area (Å²) in [5.74, 6) is -0.513. The van der Waals surface area contributed by atoms with Crippen molar-refractivity contribution in [1.29, 1.82) is 0 Å². The zero-order valence-corrected chi connectivity index (χ0v) is 14.3. The van der Waals surface area contributed by atoms with Crippen molar-refractivity contribution < 1.29 is 13.9 Å². The lowest BCUT2D eigenvalue weighted by molar-refractivity contribution is -0.128. The molecule has 1 aliphatic carbocycles. The fourth-order valence-electron chi connectivity index (χ4n) is 3.37. The molecule has 0 saturated carbocycles. The quantitative estimate of drug-likeness (QED) is 0.204. The second kappa shape index (κ2) is 6.54. The number of carbonyl (C=O) groups excluding carboxylic acids is 1. The first-order chi connectivity index (χ1) is 13.1. The molecule has 0 N–H and O–H groups in total. The fourth-order valence-corrected chi connectivity index (χ4v) is 3.37. The molecular weight excluding hydrogens is 341 g/mol. The van der Waals surface area contributed by atoms with Crippen LogP contribution in [0.25, 0.3) is 27.1 Å². The predicted molar refractivity (Wildman–Crippen MR) is 102 cm³/mol. The SMILES string of the molecule is [C-]#[N+]c1ccc(-c2ccc3c(c2)Cc2cc(OC(=O)C=C)ccc2-3)cc1F. The number of carbonyl (C=O) groups is 1. The van der Waals surface area contributed by atoms with Crippen LogP contribution in [-0.4, -0.2) is 5.97 Å². The highest BCUT2D eigenvalue weighted by Crippen LogP contribution is 2.40. The normalized spacial score (nSPS) is 11.3. The average molecular weight is 355 g/mol. The highest BCUT2D eigenvalue weighted by atomic mass is 19.1. The Morgan fingerprint density at radius 1 is 1.04 bits per heavy atom. The van der Waals surface area contributed by atoms with Crippen LogP contribution in [0.3, 0.4) is 0 Å². The van der Waals surface area contributed by atoms with Crippen molar-refractivity contribution in [3.05, 3.63) is 95.6 Å². The zero-order chi connectivity index (χ0) is 19.0. The number of fused-ring (bicyclic) bond motifs is 3. The molecule has 1 aliphatic rings. The molecular formula is C23H14FNO2. The van der Waals surface area contributed by atoms with Gasteiger partial charge in [-0.25, -0.2) is 14.0 Å². The Bertz CT molecular complexity index is 1140. The number of hydrogen-bond acceptors (Lipinski definition) is 2. The summed E-state index contributed by atoms with van der Waals surface area (Å²) in [6, 6.07) is 16.2. The van der Waals surface area contributed by atoms with E-state index in [4.69, 9.17) is 11.3 Å². The Morgan fingerprint density at radius 3 is 2.41 bits per heavy atom. The summed E-state index contributed by atoms with van der Waals surface area (Å²) in [5.41, 5.74) is 6.08. The maximum Gasteiger partial charge on any atom is 0.335 e. The molecule has 0 bridgehead atoms. The van der Waals surface area contributed by atoms with Gasteiger partial charge < -0.3 is 4.74 Å². The van der Waals surface area contributed by atoms with Gasteiger partial charge in [0.1, 0.15) is 11.6 Å². The summed E-state index contributed by atoms with van der Waals surface area (Å²) in [6.45, 7) is 10.4. The van der Waals surface area contributed by atoms with Gasteiger partial charge in [0.05, 0.1) is 6.57 Å². The van der Waals surface area contributed by atoms with E-state index in [0.717, 1.165) is 39.5 Å². The molecule has 0 atom stereocenters. The number of nitrogens with zero attached hydrogens (tertiary/aromatic N) is 1. The predicted octanol–water partition coefficient (Wildman–Crippen LogP) is 5.71. The van der Waals surface area contributed by atoms with Gasteiger partial charge in [-0.15, -0.1) is 0 Å². The maximum atomic E-state index is 13.9. The molecule has 3 nitrogen and oxygen atoms in total. The molecule has 4 heteroatoms. The van der Waals surface area contributed by atoms with Crippen molar-refractivity contribution >= 4 is 11.7 Å². The van der Waals surface area contributed by atoms with Crippen LogP contribution >= 0.6 is 0 Å². The van der Waals surface area contributed by atoms with Gasteiger partial charge in [-0.2, -0.15) is 0 Å². The first-order valence-corrected chi connectivity index (χ1v) is 8.37. The number of hydrogen-bond donors (Lipinski definition) is 0. The van der Waals surface area contributed by atoms with Gasteiger partial charge in [0.2, 0.25) is 5.69 Å². The van der Waals surface area contributed by atoms with Gasteiger partial charge in [-0.05, 0) is 58.0 Å². The molecule has 0 fully saturated rings. The Kier molecular flexibility index (Phi) is 4.06. The first-order valence-electron chi connectivity index (χ1n) is 8.37. The van der Waals surface area contributed by atoms with Gasteiger partial charge >= 0.3 is 5.97 Å². The van der Waals surface area contributed by atoms with Crippen LogP contribution in [0.5, 0.6) is 5.75 Å². The molecule has 0 aromatic heterocycles. The maximum absolute atomic E-state index is 13.9. The van der Waals surface area contributed by atoms with Crippen molar-refractivity contribution in [3.8, 4) is 28.0 Å². The third-order valence-corrected chi connectivity index (χ3v) is 4.64. The Morgan fingerprint density at radius 2 is 1.70 bits per heavy atom. The number of rotatable bonds is 3. The summed E-state index contributed by atoms with van der Waals surface area (Å²) in [6.07, 6.45) is 1.84. The summed E-state index contributed by atoms with van der Waals surface area (Å²) < 4.78 is 19.1. The van der Waals surface area contributed by atoms with Crippen molar-refractivity contribution in [2.24, 2.45) is 0 Å². The zero-order valence-electron chi connectivity index (χ0n) is 14.3. The monoisotopic (exact) mass is 355 g/mol. The van der Waals surface area contributed by atoms with Crippen LogP contribution in [-0.2, 0) is 11.2 Å². The fraction of sp³-hybridized carbons (Fsp3) is 0.0435. The Labute approximate surface area is 156 Å². The van der Waals surface area contributed by atoms with Crippen LogP contribution in [0.1, 0.15) is 11.1 Å². The highest BCUT2D eigenvalue weighted by molar-refractivity contribution is 5.84. The van der Waals surface area contributed by atoms with E-state index in [-0.39, 0.29) is 5.69 Å². The van der Waals surface area contributed by atoms with Crippen LogP contribution in [0.4, 0.5) is 10.1 Å². The third kappa shape index (κ3) is 3.00. The van der Waals surface area contributed by atoms with Gasteiger partial charge in [0.25, 0.3) is 0 Å². The first kappa shape index (κ1) is 16.7. The molecule has 0 heterocycles. The lowest BCUT2D eigenvalue weighted by Gasteiger charge is -2.07. The van der Waals surface area contributed by atoms with Crippen LogP contribution < -0.4 is 4.74 Å². The van der Waals surface area contributed by atoms with E-state index in [1.165, 1.54) is 12.1 Å². The molecule has 0 unspecified atom stereocenters. The van der Waals surface area contributed by atoms with Gasteiger partial charge in [-0.1, -0.05) is 43.0 Å². The second-order valence-electron chi connectivity index (χ2n) is 6.27. The minimum atomic E-state index is -0.514. The largest absolute Gasteiger partial charge is 0.423 e. The molecule has 4 rings (SSSR count). The minimum absolute atomic E-state index is 0.0221. The molecule has 0 aliphatic heterocycles. The lowest BCUT2D eigenvalue weighted by Crippen LogP contribution is -2.03. The average Bonchev–Trinajstić information content (AvgIpc) is 3.04. The van der Waals surface area contributed by atoms with E-state index in [0.29, 0.717) is 12.2 Å². The molecule has 0 radical (unpaired) electrons. The van der Waals surface area contributed by atoms with E-state index in [2.05, 4.69) is 11.4 Å². The van der Waals surface area contributed by atoms with Crippen molar-refractivity contribution in [2.45, 2.75) is 6.42 Å². The molecule has 0 saturated heterocycles. The molecule has 3 aromatic rings. The molecule has 27 heavy (non-hydrogen) atoms. The summed E-state index contributed by atoms with van der Waals surface area (Å²) >= 11 is 0. The lowest BCUT2D eigenvalue weighted by atomic mass is 9.99. The third-order valence-electron chi connectivity index (χ3n) is 4.64. The number of esters is 1. The van der Waals surface area contributed by atoms with Crippen molar-refractivity contribution in [1.82, 2.24) is 0 Å².